The maximum Gasteiger partial charge on any atom is 0.326 e. The molecule has 6 atom stereocenters. The van der Waals surface area contributed by atoms with Crippen LogP contribution in [-0.4, -0.2) is 122 Å². The third kappa shape index (κ3) is 18.2. The molecule has 0 saturated heterocycles. The molecule has 0 aromatic heterocycles. The van der Waals surface area contributed by atoms with Crippen LogP contribution in [0.5, 0.6) is 0 Å². The Labute approximate surface area is 378 Å². The van der Waals surface area contributed by atoms with Crippen molar-refractivity contribution in [3.63, 3.8) is 0 Å². The Kier molecular flexibility index (Phi) is 21.6. The van der Waals surface area contributed by atoms with Crippen molar-refractivity contribution in [2.75, 3.05) is 0 Å². The van der Waals surface area contributed by atoms with Gasteiger partial charge in [-0.2, -0.15) is 0 Å². The minimum atomic E-state index is -3.11. The summed E-state index contributed by atoms with van der Waals surface area (Å²) >= 11 is 0. The molecule has 6 amide bonds. The zero-order chi connectivity index (χ0) is 48.9. The molecule has 0 spiro atoms. The lowest BCUT2D eigenvalue weighted by Crippen LogP contribution is -2.61. The second-order valence-corrected chi connectivity index (χ2v) is 16.0. The summed E-state index contributed by atoms with van der Waals surface area (Å²) in [5.74, 6) is -13.8. The summed E-state index contributed by atoms with van der Waals surface area (Å²) in [7, 11) is 0. The Hall–Kier alpha value is -7.00. The molecule has 360 valence electrons. The lowest BCUT2D eigenvalue weighted by molar-refractivity contribution is -0.143. The van der Waals surface area contributed by atoms with Crippen LogP contribution in [0.1, 0.15) is 101 Å². The Morgan fingerprint density at radius 3 is 1.44 bits per heavy atom. The summed E-state index contributed by atoms with van der Waals surface area (Å²) in [6.45, 7) is 1.01. The van der Waals surface area contributed by atoms with E-state index in [9.17, 15) is 77.2 Å². The number of hydrogen-bond acceptors (Lipinski definition) is 10. The maximum atomic E-state index is 14.8. The molecule has 1 aliphatic rings. The average molecular weight is 931 g/mol. The SMILES string of the molecule is CC(=O)N[C@@H](CC(=O)O)C(=O)N[C@@H](CCC(=O)O)C(=O)N[C@H](C(=O)N[C@@H](CCC(=O)O)C(=O)N[C@@H](CC1CCCCC1)C(=O)N[C@@H](CC(F)F)C(=O)O)C(c1ccccc1)c1ccccc1. The van der Waals surface area contributed by atoms with E-state index >= 15 is 0 Å². The van der Waals surface area contributed by atoms with E-state index in [1.165, 1.54) is 0 Å². The Bertz CT molecular complexity index is 1970. The zero-order valence-electron chi connectivity index (χ0n) is 36.1. The molecule has 2 aromatic rings. The van der Waals surface area contributed by atoms with Crippen LogP contribution in [0.15, 0.2) is 60.7 Å². The third-order valence-corrected chi connectivity index (χ3v) is 10.8. The Morgan fingerprint density at radius 1 is 0.545 bits per heavy atom. The summed E-state index contributed by atoms with van der Waals surface area (Å²) < 4.78 is 26.6. The van der Waals surface area contributed by atoms with Crippen LogP contribution in [0.3, 0.4) is 0 Å². The molecule has 1 aliphatic carbocycles. The standard InChI is InChI=1S/C44H56F2N6O14/c1-24(53)47-31(23-36(58)59)42(63)48-29(18-20-35(56)57)40(61)52-38(37(26-13-7-3-8-14-26)27-15-9-4-10-16-27)43(64)49-28(17-19-34(54)55)39(60)50-30(21-25-11-5-2-6-12-25)41(62)51-32(44(65)66)22-33(45)46/h3-4,7-10,13-16,25,28-33,37-38H,2,5-6,11-12,17-23H2,1H3,(H,47,53)(H,48,63)(H,49,64)(H,50,60)(H,51,62)(H,52,61)(H,54,55)(H,56,57)(H,58,59)(H,65,66)/t28-,29-,30-,31-,32-,38-/m0/s1. The van der Waals surface area contributed by atoms with Crippen LogP contribution in [0.2, 0.25) is 0 Å². The number of amides is 6. The van der Waals surface area contributed by atoms with Crippen LogP contribution >= 0.6 is 0 Å². The summed E-state index contributed by atoms with van der Waals surface area (Å²) in [6, 6.07) is 5.70. The number of hydrogen-bond donors (Lipinski definition) is 10. The van der Waals surface area contributed by atoms with E-state index in [4.69, 9.17) is 0 Å². The third-order valence-electron chi connectivity index (χ3n) is 10.8. The smallest absolute Gasteiger partial charge is 0.326 e. The van der Waals surface area contributed by atoms with Gasteiger partial charge in [-0.1, -0.05) is 92.8 Å². The summed E-state index contributed by atoms with van der Waals surface area (Å²) in [5.41, 5.74) is 0.824. The molecule has 2 aromatic carbocycles. The van der Waals surface area contributed by atoms with Crippen molar-refractivity contribution in [1.82, 2.24) is 31.9 Å². The van der Waals surface area contributed by atoms with Gasteiger partial charge in [0.15, 0.2) is 0 Å². The highest BCUT2D eigenvalue weighted by Gasteiger charge is 2.39. The van der Waals surface area contributed by atoms with Crippen molar-refractivity contribution >= 4 is 59.3 Å². The van der Waals surface area contributed by atoms with Crippen molar-refractivity contribution in [2.45, 2.75) is 133 Å². The van der Waals surface area contributed by atoms with Gasteiger partial charge < -0.3 is 52.3 Å². The molecule has 0 unspecified atom stereocenters. The molecule has 10 N–H and O–H groups in total. The summed E-state index contributed by atoms with van der Waals surface area (Å²) in [6.07, 6.45) is -4.25. The lowest BCUT2D eigenvalue weighted by Gasteiger charge is -2.32. The van der Waals surface area contributed by atoms with Crippen LogP contribution in [0.25, 0.3) is 0 Å². The topological polar surface area (TPSA) is 324 Å². The average Bonchev–Trinajstić information content (AvgIpc) is 3.25. The van der Waals surface area contributed by atoms with E-state index in [0.29, 0.717) is 24.0 Å². The van der Waals surface area contributed by atoms with E-state index in [1.807, 2.05) is 0 Å². The van der Waals surface area contributed by atoms with Crippen molar-refractivity contribution in [3.05, 3.63) is 71.8 Å². The van der Waals surface area contributed by atoms with Gasteiger partial charge in [-0.15, -0.1) is 0 Å². The second-order valence-electron chi connectivity index (χ2n) is 16.0. The van der Waals surface area contributed by atoms with Gasteiger partial charge in [0.25, 0.3) is 0 Å². The number of alkyl halides is 2. The number of benzene rings is 2. The highest BCUT2D eigenvalue weighted by molar-refractivity contribution is 5.98. The predicted octanol–water partition coefficient (Wildman–Crippen LogP) is 1.66. The molecule has 0 radical (unpaired) electrons. The van der Waals surface area contributed by atoms with Gasteiger partial charge in [0.2, 0.25) is 41.9 Å². The van der Waals surface area contributed by atoms with Gasteiger partial charge in [0, 0.05) is 32.1 Å². The first-order chi connectivity index (χ1) is 31.2. The minimum Gasteiger partial charge on any atom is -0.481 e. The number of carbonyl (C=O) groups excluding carboxylic acids is 6. The second kappa shape index (κ2) is 26.7. The molecular weight excluding hydrogens is 875 g/mol. The van der Waals surface area contributed by atoms with Crippen LogP contribution in [-0.2, 0) is 47.9 Å². The quantitative estimate of drug-likeness (QED) is 0.0610. The van der Waals surface area contributed by atoms with Crippen molar-refractivity contribution in [3.8, 4) is 0 Å². The first-order valence-electron chi connectivity index (χ1n) is 21.3. The number of aliphatic carboxylic acids is 4. The monoisotopic (exact) mass is 930 g/mol. The first kappa shape index (κ1) is 53.3. The zero-order valence-corrected chi connectivity index (χ0v) is 36.1. The minimum absolute atomic E-state index is 0.0559. The van der Waals surface area contributed by atoms with Crippen LogP contribution in [0.4, 0.5) is 8.78 Å². The van der Waals surface area contributed by atoms with Crippen molar-refractivity contribution < 1.29 is 77.2 Å². The van der Waals surface area contributed by atoms with Gasteiger partial charge >= 0.3 is 23.9 Å². The number of carboxylic acid groups (broad SMARTS) is 4. The number of nitrogens with one attached hydrogen (secondary N) is 6. The number of carbonyl (C=O) groups is 10. The molecule has 66 heavy (non-hydrogen) atoms. The van der Waals surface area contributed by atoms with Crippen molar-refractivity contribution in [1.29, 1.82) is 0 Å². The summed E-state index contributed by atoms with van der Waals surface area (Å²) in [4.78, 5) is 129. The van der Waals surface area contributed by atoms with Gasteiger partial charge in [0.05, 0.1) is 6.42 Å². The first-order valence-corrected chi connectivity index (χ1v) is 21.3. The van der Waals surface area contributed by atoms with E-state index in [-0.39, 0.29) is 12.3 Å². The van der Waals surface area contributed by atoms with Crippen LogP contribution < -0.4 is 31.9 Å². The molecule has 0 heterocycles. The molecule has 1 saturated carbocycles. The number of rotatable bonds is 27. The van der Waals surface area contributed by atoms with Gasteiger partial charge in [0.1, 0.15) is 36.3 Å². The Morgan fingerprint density at radius 2 is 0.985 bits per heavy atom. The summed E-state index contributed by atoms with van der Waals surface area (Å²) in [5, 5.41) is 52.0. The fourth-order valence-corrected chi connectivity index (χ4v) is 7.62. The molecule has 1 fully saturated rings. The molecule has 0 aliphatic heterocycles. The maximum absolute atomic E-state index is 14.8. The van der Waals surface area contributed by atoms with E-state index in [0.717, 1.165) is 26.2 Å². The highest BCUT2D eigenvalue weighted by atomic mass is 19.3. The van der Waals surface area contributed by atoms with E-state index in [2.05, 4.69) is 31.9 Å². The fraction of sp³-hybridized carbons (Fsp3) is 0.500. The van der Waals surface area contributed by atoms with E-state index < -0.39 is 146 Å². The van der Waals surface area contributed by atoms with Crippen LogP contribution in [0, 0.1) is 5.92 Å². The lowest BCUT2D eigenvalue weighted by atomic mass is 9.84. The fourth-order valence-electron chi connectivity index (χ4n) is 7.62. The molecule has 0 bridgehead atoms. The largest absolute Gasteiger partial charge is 0.481 e. The highest BCUT2D eigenvalue weighted by Crippen LogP contribution is 2.30. The molecular formula is C44H56F2N6O14. The van der Waals surface area contributed by atoms with Gasteiger partial charge in [-0.3, -0.25) is 43.2 Å². The number of halogens is 2. The van der Waals surface area contributed by atoms with Gasteiger partial charge in [-0.25, -0.2) is 13.6 Å². The Balaban J connectivity index is 2.11. The predicted molar refractivity (Wildman–Crippen MR) is 227 cm³/mol. The number of carboxylic acids is 4. The normalized spacial score (nSPS) is 15.4. The molecule has 20 nitrogen and oxygen atoms in total. The molecule has 3 rings (SSSR count). The van der Waals surface area contributed by atoms with E-state index in [1.54, 1.807) is 60.7 Å². The molecule has 22 heteroatoms. The van der Waals surface area contributed by atoms with Gasteiger partial charge in [-0.05, 0) is 36.3 Å². The van der Waals surface area contributed by atoms with Crippen molar-refractivity contribution in [2.24, 2.45) is 5.92 Å².